The number of carbonyl (C=O) groups is 1. The topological polar surface area (TPSA) is 43.1 Å². The Bertz CT molecular complexity index is 375. The van der Waals surface area contributed by atoms with Gasteiger partial charge in [-0.05, 0) is 18.2 Å². The summed E-state index contributed by atoms with van der Waals surface area (Å²) in [7, 11) is 0. The van der Waals surface area contributed by atoms with Gasteiger partial charge in [0.05, 0.1) is 11.1 Å². The number of nitrogens with two attached hydrogens (primary N) is 1. The molecular formula is C8H6F3NOS. The Kier molecular flexibility index (Phi) is 2.75. The van der Waals surface area contributed by atoms with Gasteiger partial charge in [-0.1, -0.05) is 0 Å². The van der Waals surface area contributed by atoms with E-state index in [4.69, 9.17) is 5.73 Å². The van der Waals surface area contributed by atoms with Gasteiger partial charge >= 0.3 is 6.18 Å². The van der Waals surface area contributed by atoms with Gasteiger partial charge in [-0.15, -0.1) is 12.6 Å². The molecule has 0 unspecified atom stereocenters. The third-order valence-corrected chi connectivity index (χ3v) is 1.98. The predicted molar refractivity (Wildman–Crippen MR) is 47.2 cm³/mol. The van der Waals surface area contributed by atoms with Crippen molar-refractivity contribution in [1.82, 2.24) is 0 Å². The molecule has 0 aromatic heterocycles. The molecule has 0 saturated heterocycles. The number of carbonyl (C=O) groups excluding carboxylic acids is 1. The molecule has 0 fully saturated rings. The lowest BCUT2D eigenvalue weighted by Crippen LogP contribution is -2.14. The smallest absolute Gasteiger partial charge is 0.366 e. The highest BCUT2D eigenvalue weighted by molar-refractivity contribution is 7.80. The SMILES string of the molecule is NC(=O)c1cc(C(F)(F)F)ccc1S. The van der Waals surface area contributed by atoms with Gasteiger partial charge in [-0.3, -0.25) is 4.79 Å². The van der Waals surface area contributed by atoms with E-state index in [0.717, 1.165) is 12.1 Å². The lowest BCUT2D eigenvalue weighted by molar-refractivity contribution is -0.137. The van der Waals surface area contributed by atoms with Crippen molar-refractivity contribution in [3.05, 3.63) is 29.3 Å². The fraction of sp³-hybridized carbons (Fsp3) is 0.125. The number of thiol groups is 1. The van der Waals surface area contributed by atoms with Crippen LogP contribution in [0.1, 0.15) is 15.9 Å². The lowest BCUT2D eigenvalue weighted by atomic mass is 10.1. The van der Waals surface area contributed by atoms with Crippen LogP contribution in [-0.4, -0.2) is 5.91 Å². The summed E-state index contributed by atoms with van der Waals surface area (Å²) in [6, 6.07) is 2.62. The van der Waals surface area contributed by atoms with E-state index in [1.807, 2.05) is 0 Å². The number of hydrogen-bond acceptors (Lipinski definition) is 2. The van der Waals surface area contributed by atoms with Gasteiger partial charge in [-0.25, -0.2) is 0 Å². The van der Waals surface area contributed by atoms with Crippen LogP contribution in [0.15, 0.2) is 23.1 Å². The minimum atomic E-state index is -4.48. The van der Waals surface area contributed by atoms with Gasteiger partial charge in [0.15, 0.2) is 0 Å². The highest BCUT2D eigenvalue weighted by Gasteiger charge is 2.31. The highest BCUT2D eigenvalue weighted by Crippen LogP contribution is 2.31. The quantitative estimate of drug-likeness (QED) is 0.700. The minimum absolute atomic E-state index is 0.130. The minimum Gasteiger partial charge on any atom is -0.366 e. The third kappa shape index (κ3) is 2.20. The summed E-state index contributed by atoms with van der Waals surface area (Å²) in [6.07, 6.45) is -4.48. The van der Waals surface area contributed by atoms with E-state index in [1.165, 1.54) is 0 Å². The van der Waals surface area contributed by atoms with Gasteiger partial charge in [0.1, 0.15) is 0 Å². The molecule has 6 heteroatoms. The Morgan fingerprint density at radius 2 is 1.93 bits per heavy atom. The van der Waals surface area contributed by atoms with Crippen LogP contribution in [-0.2, 0) is 6.18 Å². The molecule has 0 aliphatic carbocycles. The summed E-state index contributed by atoms with van der Waals surface area (Å²) in [6.45, 7) is 0. The third-order valence-electron chi connectivity index (χ3n) is 1.59. The molecule has 0 heterocycles. The van der Waals surface area contributed by atoms with Crippen LogP contribution in [0.3, 0.4) is 0 Å². The van der Waals surface area contributed by atoms with Crippen molar-refractivity contribution >= 4 is 18.5 Å². The van der Waals surface area contributed by atoms with Gasteiger partial charge in [-0.2, -0.15) is 13.2 Å². The second kappa shape index (κ2) is 3.53. The molecule has 2 nitrogen and oxygen atoms in total. The first-order valence-corrected chi connectivity index (χ1v) is 3.97. The van der Waals surface area contributed by atoms with E-state index in [9.17, 15) is 18.0 Å². The monoisotopic (exact) mass is 221 g/mol. The fourth-order valence-electron chi connectivity index (χ4n) is 0.910. The normalized spacial score (nSPS) is 11.4. The Morgan fingerprint density at radius 1 is 1.36 bits per heavy atom. The molecule has 0 spiro atoms. The molecule has 14 heavy (non-hydrogen) atoms. The van der Waals surface area contributed by atoms with E-state index in [0.29, 0.717) is 6.07 Å². The first-order chi connectivity index (χ1) is 6.32. The Labute approximate surface area is 83.3 Å². The summed E-state index contributed by atoms with van der Waals surface area (Å²) >= 11 is 3.81. The molecule has 1 aromatic rings. The van der Waals surface area contributed by atoms with Crippen molar-refractivity contribution < 1.29 is 18.0 Å². The van der Waals surface area contributed by atoms with Crippen LogP contribution < -0.4 is 5.73 Å². The molecule has 0 radical (unpaired) electrons. The number of hydrogen-bond donors (Lipinski definition) is 2. The Balaban J connectivity index is 3.27. The van der Waals surface area contributed by atoms with Crippen LogP contribution in [0.2, 0.25) is 0 Å². The number of alkyl halides is 3. The molecule has 0 atom stereocenters. The van der Waals surface area contributed by atoms with Crippen molar-refractivity contribution in [2.75, 3.05) is 0 Å². The van der Waals surface area contributed by atoms with Crippen molar-refractivity contribution in [1.29, 1.82) is 0 Å². The van der Waals surface area contributed by atoms with Crippen LogP contribution >= 0.6 is 12.6 Å². The van der Waals surface area contributed by atoms with Gasteiger partial charge in [0.25, 0.3) is 0 Å². The molecule has 0 aliphatic heterocycles. The highest BCUT2D eigenvalue weighted by atomic mass is 32.1. The van der Waals surface area contributed by atoms with E-state index in [-0.39, 0.29) is 10.5 Å². The van der Waals surface area contributed by atoms with Gasteiger partial charge in [0, 0.05) is 4.90 Å². The van der Waals surface area contributed by atoms with Crippen LogP contribution in [0.4, 0.5) is 13.2 Å². The van der Waals surface area contributed by atoms with Crippen LogP contribution in [0.25, 0.3) is 0 Å². The first kappa shape index (κ1) is 10.9. The molecule has 0 saturated carbocycles. The van der Waals surface area contributed by atoms with E-state index in [1.54, 1.807) is 0 Å². The molecule has 0 aliphatic rings. The van der Waals surface area contributed by atoms with Gasteiger partial charge < -0.3 is 5.73 Å². The number of benzene rings is 1. The molecule has 1 aromatic carbocycles. The first-order valence-electron chi connectivity index (χ1n) is 3.52. The predicted octanol–water partition coefficient (Wildman–Crippen LogP) is 2.09. The molecule has 1 amide bonds. The summed E-state index contributed by atoms with van der Waals surface area (Å²) in [5.74, 6) is -0.930. The zero-order valence-electron chi connectivity index (χ0n) is 6.80. The average Bonchev–Trinajstić information content (AvgIpc) is 2.02. The van der Waals surface area contributed by atoms with Gasteiger partial charge in [0.2, 0.25) is 5.91 Å². The molecule has 1 rings (SSSR count). The molecule has 2 N–H and O–H groups in total. The van der Waals surface area contributed by atoms with E-state index >= 15 is 0 Å². The van der Waals surface area contributed by atoms with Crippen molar-refractivity contribution in [3.8, 4) is 0 Å². The number of halogens is 3. The molecule has 76 valence electrons. The maximum Gasteiger partial charge on any atom is 0.416 e. The van der Waals surface area contributed by atoms with Crippen LogP contribution in [0, 0.1) is 0 Å². The largest absolute Gasteiger partial charge is 0.416 e. The molecular weight excluding hydrogens is 215 g/mol. The lowest BCUT2D eigenvalue weighted by Gasteiger charge is -2.08. The van der Waals surface area contributed by atoms with Crippen LogP contribution in [0.5, 0.6) is 0 Å². The second-order valence-electron chi connectivity index (χ2n) is 2.59. The average molecular weight is 221 g/mol. The molecule has 0 bridgehead atoms. The zero-order valence-corrected chi connectivity index (χ0v) is 7.69. The summed E-state index contributed by atoms with van der Waals surface area (Å²) in [5.41, 5.74) is 3.73. The van der Waals surface area contributed by atoms with E-state index < -0.39 is 17.6 Å². The number of primary amides is 1. The van der Waals surface area contributed by atoms with Crippen molar-refractivity contribution in [2.24, 2.45) is 5.73 Å². The maximum atomic E-state index is 12.2. The number of amides is 1. The number of rotatable bonds is 1. The summed E-state index contributed by atoms with van der Waals surface area (Å²) < 4.78 is 36.6. The van der Waals surface area contributed by atoms with Crippen molar-refractivity contribution in [3.63, 3.8) is 0 Å². The fourth-order valence-corrected chi connectivity index (χ4v) is 1.16. The van der Waals surface area contributed by atoms with Crippen molar-refractivity contribution in [2.45, 2.75) is 11.1 Å². The maximum absolute atomic E-state index is 12.2. The Hall–Kier alpha value is -1.17. The summed E-state index contributed by atoms with van der Waals surface area (Å²) in [5, 5.41) is 0. The zero-order chi connectivity index (χ0) is 10.9. The Morgan fingerprint density at radius 3 is 2.36 bits per heavy atom. The second-order valence-corrected chi connectivity index (χ2v) is 3.08. The standard InChI is InChI=1S/C8H6F3NOS/c9-8(10,11)4-1-2-6(14)5(3-4)7(12)13/h1-3,14H,(H2,12,13). The summed E-state index contributed by atoms with van der Waals surface area (Å²) in [4.78, 5) is 10.8. The van der Waals surface area contributed by atoms with E-state index in [2.05, 4.69) is 12.6 Å².